The molecule has 0 aromatic heterocycles. The average molecular weight is 250 g/mol. The zero-order valence-electron chi connectivity index (χ0n) is 10.7. The van der Waals surface area contributed by atoms with E-state index in [9.17, 15) is 5.11 Å². The van der Waals surface area contributed by atoms with E-state index in [1.54, 1.807) is 6.07 Å². The van der Waals surface area contributed by atoms with E-state index in [-0.39, 0.29) is 12.4 Å². The molecule has 0 atom stereocenters. The summed E-state index contributed by atoms with van der Waals surface area (Å²) >= 11 is 0. The second-order valence-corrected chi connectivity index (χ2v) is 5.03. The lowest BCUT2D eigenvalue weighted by Gasteiger charge is -2.37. The van der Waals surface area contributed by atoms with Gasteiger partial charge in [0.25, 0.3) is 0 Å². The Balaban J connectivity index is 1.99. The van der Waals surface area contributed by atoms with Crippen molar-refractivity contribution in [1.29, 1.82) is 0 Å². The first-order chi connectivity index (χ1) is 8.70. The van der Waals surface area contributed by atoms with Gasteiger partial charge in [0.2, 0.25) is 0 Å². The van der Waals surface area contributed by atoms with Crippen molar-refractivity contribution in [1.82, 2.24) is 4.90 Å². The Morgan fingerprint density at radius 3 is 2.67 bits per heavy atom. The lowest BCUT2D eigenvalue weighted by Crippen LogP contribution is -2.40. The standard InChI is InChI=1S/C14H22N2O2/c15-13-9-11(5-6-14(13)18)10-16(7-2-8-17)12-3-1-4-12/h5-6,9,12,17-18H,1-4,7-8,10,15H2. The lowest BCUT2D eigenvalue weighted by atomic mass is 9.91. The molecule has 1 saturated carbocycles. The van der Waals surface area contributed by atoms with Crippen LogP contribution < -0.4 is 5.73 Å². The van der Waals surface area contributed by atoms with Crippen LogP contribution in [0.3, 0.4) is 0 Å². The predicted molar refractivity (Wildman–Crippen MR) is 72.3 cm³/mol. The second-order valence-electron chi connectivity index (χ2n) is 5.03. The monoisotopic (exact) mass is 250 g/mol. The third-order valence-corrected chi connectivity index (χ3v) is 3.67. The summed E-state index contributed by atoms with van der Waals surface area (Å²) in [4.78, 5) is 2.41. The minimum absolute atomic E-state index is 0.143. The highest BCUT2D eigenvalue weighted by Crippen LogP contribution is 2.28. The molecule has 1 aromatic rings. The Hall–Kier alpha value is -1.26. The first kappa shape index (κ1) is 13.2. The van der Waals surface area contributed by atoms with E-state index in [2.05, 4.69) is 4.90 Å². The van der Waals surface area contributed by atoms with Gasteiger partial charge in [-0.15, -0.1) is 0 Å². The van der Waals surface area contributed by atoms with Crippen molar-refractivity contribution in [3.8, 4) is 5.75 Å². The van der Waals surface area contributed by atoms with E-state index in [0.717, 1.165) is 25.1 Å². The first-order valence-corrected chi connectivity index (χ1v) is 6.63. The number of aromatic hydroxyl groups is 1. The van der Waals surface area contributed by atoms with Gasteiger partial charge >= 0.3 is 0 Å². The first-order valence-electron chi connectivity index (χ1n) is 6.63. The molecule has 0 spiro atoms. The third kappa shape index (κ3) is 3.15. The molecule has 0 bridgehead atoms. The summed E-state index contributed by atoms with van der Waals surface area (Å²) in [6.07, 6.45) is 4.61. The van der Waals surface area contributed by atoms with E-state index in [4.69, 9.17) is 10.8 Å². The van der Waals surface area contributed by atoms with E-state index in [1.165, 1.54) is 19.3 Å². The molecule has 100 valence electrons. The van der Waals surface area contributed by atoms with Gasteiger partial charge in [-0.05, 0) is 37.0 Å². The summed E-state index contributed by atoms with van der Waals surface area (Å²) in [5.74, 6) is 0.143. The molecule has 1 aromatic carbocycles. The largest absolute Gasteiger partial charge is 0.506 e. The third-order valence-electron chi connectivity index (χ3n) is 3.67. The summed E-state index contributed by atoms with van der Waals surface area (Å²) in [5.41, 5.74) is 7.26. The molecule has 2 rings (SSSR count). The maximum absolute atomic E-state index is 9.41. The molecule has 0 unspecified atom stereocenters. The van der Waals surface area contributed by atoms with Gasteiger partial charge in [-0.25, -0.2) is 0 Å². The molecule has 0 amide bonds. The van der Waals surface area contributed by atoms with Crippen LogP contribution in [0.5, 0.6) is 5.75 Å². The van der Waals surface area contributed by atoms with Crippen LogP contribution in [0.1, 0.15) is 31.2 Å². The molecule has 4 heteroatoms. The Bertz CT molecular complexity index is 391. The number of rotatable bonds is 6. The fourth-order valence-electron chi connectivity index (χ4n) is 2.35. The van der Waals surface area contributed by atoms with Crippen molar-refractivity contribution < 1.29 is 10.2 Å². The number of anilines is 1. The second kappa shape index (κ2) is 6.07. The van der Waals surface area contributed by atoms with Crippen LogP contribution >= 0.6 is 0 Å². The van der Waals surface area contributed by atoms with Gasteiger partial charge in [-0.3, -0.25) is 4.90 Å². The maximum Gasteiger partial charge on any atom is 0.138 e. The molecule has 0 radical (unpaired) electrons. The van der Waals surface area contributed by atoms with Gasteiger partial charge in [0.1, 0.15) is 5.75 Å². The number of phenols is 1. The zero-order valence-corrected chi connectivity index (χ0v) is 10.7. The van der Waals surface area contributed by atoms with E-state index in [1.807, 2.05) is 12.1 Å². The average Bonchev–Trinajstić information content (AvgIpc) is 2.28. The molecular formula is C14H22N2O2. The van der Waals surface area contributed by atoms with Crippen LogP contribution in [-0.4, -0.2) is 34.3 Å². The van der Waals surface area contributed by atoms with Crippen LogP contribution in [0.15, 0.2) is 18.2 Å². The topological polar surface area (TPSA) is 69.7 Å². The molecule has 0 saturated heterocycles. The lowest BCUT2D eigenvalue weighted by molar-refractivity contribution is 0.109. The number of hydrogen-bond donors (Lipinski definition) is 3. The Kier molecular flexibility index (Phi) is 4.44. The van der Waals surface area contributed by atoms with Crippen molar-refractivity contribution in [3.63, 3.8) is 0 Å². The molecule has 18 heavy (non-hydrogen) atoms. The number of nitrogens with zero attached hydrogens (tertiary/aromatic N) is 1. The number of nitrogens with two attached hydrogens (primary N) is 1. The normalized spacial score (nSPS) is 15.9. The number of hydrogen-bond acceptors (Lipinski definition) is 4. The summed E-state index contributed by atoms with van der Waals surface area (Å²) < 4.78 is 0. The predicted octanol–water partition coefficient (Wildman–Crippen LogP) is 1.71. The SMILES string of the molecule is Nc1cc(CN(CCCO)C2CCC2)ccc1O. The van der Waals surface area contributed by atoms with Crippen molar-refractivity contribution in [2.24, 2.45) is 0 Å². The van der Waals surface area contributed by atoms with Gasteiger partial charge in [-0.1, -0.05) is 12.5 Å². The van der Waals surface area contributed by atoms with E-state index < -0.39 is 0 Å². The fraction of sp³-hybridized carbons (Fsp3) is 0.571. The van der Waals surface area contributed by atoms with Gasteiger partial charge in [0.15, 0.2) is 0 Å². The molecule has 1 aliphatic carbocycles. The van der Waals surface area contributed by atoms with Gasteiger partial charge in [0.05, 0.1) is 5.69 Å². The van der Waals surface area contributed by atoms with Crippen LogP contribution in [0.2, 0.25) is 0 Å². The molecule has 1 aliphatic rings. The molecule has 1 fully saturated rings. The molecule has 4 nitrogen and oxygen atoms in total. The van der Waals surface area contributed by atoms with Crippen molar-refractivity contribution in [2.45, 2.75) is 38.3 Å². The highest BCUT2D eigenvalue weighted by molar-refractivity contribution is 5.53. The van der Waals surface area contributed by atoms with E-state index in [0.29, 0.717) is 11.7 Å². The molecule has 0 heterocycles. The zero-order chi connectivity index (χ0) is 13.0. The maximum atomic E-state index is 9.41. The molecule has 4 N–H and O–H groups in total. The number of aliphatic hydroxyl groups is 1. The van der Waals surface area contributed by atoms with Crippen LogP contribution in [0.4, 0.5) is 5.69 Å². The molecule has 0 aliphatic heterocycles. The van der Waals surface area contributed by atoms with Crippen molar-refractivity contribution >= 4 is 5.69 Å². The highest BCUT2D eigenvalue weighted by Gasteiger charge is 2.24. The fourth-order valence-corrected chi connectivity index (χ4v) is 2.35. The number of benzene rings is 1. The molecular weight excluding hydrogens is 228 g/mol. The summed E-state index contributed by atoms with van der Waals surface area (Å²) in [5, 5.41) is 18.4. The van der Waals surface area contributed by atoms with Gasteiger partial charge in [-0.2, -0.15) is 0 Å². The number of aliphatic hydroxyl groups excluding tert-OH is 1. The quantitative estimate of drug-likeness (QED) is 0.531. The Morgan fingerprint density at radius 1 is 1.33 bits per heavy atom. The Labute approximate surface area is 108 Å². The van der Waals surface area contributed by atoms with Crippen LogP contribution in [0.25, 0.3) is 0 Å². The summed E-state index contributed by atoms with van der Waals surface area (Å²) in [6, 6.07) is 6.04. The summed E-state index contributed by atoms with van der Waals surface area (Å²) in [6.45, 7) is 2.00. The van der Waals surface area contributed by atoms with Crippen LogP contribution in [-0.2, 0) is 6.54 Å². The smallest absolute Gasteiger partial charge is 0.138 e. The highest BCUT2D eigenvalue weighted by atomic mass is 16.3. The minimum Gasteiger partial charge on any atom is -0.506 e. The minimum atomic E-state index is 0.143. The van der Waals surface area contributed by atoms with E-state index >= 15 is 0 Å². The van der Waals surface area contributed by atoms with Gasteiger partial charge < -0.3 is 15.9 Å². The van der Waals surface area contributed by atoms with Crippen molar-refractivity contribution in [2.75, 3.05) is 18.9 Å². The van der Waals surface area contributed by atoms with Crippen LogP contribution in [0, 0.1) is 0 Å². The number of phenolic OH excluding ortho intramolecular Hbond substituents is 1. The van der Waals surface area contributed by atoms with Gasteiger partial charge in [0, 0.05) is 25.7 Å². The summed E-state index contributed by atoms with van der Waals surface area (Å²) in [7, 11) is 0. The van der Waals surface area contributed by atoms with Crippen molar-refractivity contribution in [3.05, 3.63) is 23.8 Å². The number of nitrogen functional groups attached to an aromatic ring is 1. The Morgan fingerprint density at radius 2 is 2.11 bits per heavy atom.